The molecule has 1 saturated heterocycles. The van der Waals surface area contributed by atoms with E-state index in [1.54, 1.807) is 0 Å². The number of aryl methyl sites for hydroxylation is 1. The van der Waals surface area contributed by atoms with Crippen LogP contribution in [0.3, 0.4) is 0 Å². The number of nitrogens with zero attached hydrogens (tertiary/aromatic N) is 3. The lowest BCUT2D eigenvalue weighted by atomic mass is 10.1. The maximum Gasteiger partial charge on any atom is 0.293 e. The van der Waals surface area contributed by atoms with Crippen molar-refractivity contribution in [1.29, 1.82) is 0 Å². The smallest absolute Gasteiger partial charge is 0.293 e. The molecule has 0 bridgehead atoms. The fraction of sp³-hybridized carbons (Fsp3) is 0.333. The maximum atomic E-state index is 11.7. The number of piperazine rings is 1. The van der Waals surface area contributed by atoms with Gasteiger partial charge in [0.15, 0.2) is 9.84 Å². The van der Waals surface area contributed by atoms with Crippen LogP contribution in [0, 0.1) is 17.0 Å². The van der Waals surface area contributed by atoms with E-state index in [0.717, 1.165) is 23.6 Å². The number of hydrogen-bond donors (Lipinski definition) is 0. The van der Waals surface area contributed by atoms with Crippen LogP contribution in [0.4, 0.5) is 17.1 Å². The predicted molar refractivity (Wildman–Crippen MR) is 107 cm³/mol. The lowest BCUT2D eigenvalue weighted by Crippen LogP contribution is -2.47. The molecule has 27 heavy (non-hydrogen) atoms. The van der Waals surface area contributed by atoms with E-state index < -0.39 is 14.8 Å². The third-order valence-electron chi connectivity index (χ3n) is 4.70. The molecule has 1 heterocycles. The summed E-state index contributed by atoms with van der Waals surface area (Å²) in [4.78, 5) is 15.0. The molecule has 0 aromatic heterocycles. The normalized spacial score (nSPS) is 15.1. The lowest BCUT2D eigenvalue weighted by Gasteiger charge is -2.37. The van der Waals surface area contributed by atoms with Crippen LogP contribution in [0.1, 0.15) is 5.56 Å². The molecule has 2 aromatic carbocycles. The summed E-state index contributed by atoms with van der Waals surface area (Å²) in [5.74, 6) is 0. The first-order chi connectivity index (χ1) is 12.7. The summed E-state index contributed by atoms with van der Waals surface area (Å²) >= 11 is 6.11. The summed E-state index contributed by atoms with van der Waals surface area (Å²) < 4.78 is 23.4. The number of sulfone groups is 1. The second kappa shape index (κ2) is 7.36. The summed E-state index contributed by atoms with van der Waals surface area (Å²) in [6, 6.07) is 9.83. The number of anilines is 2. The van der Waals surface area contributed by atoms with Crippen molar-refractivity contribution in [2.75, 3.05) is 42.2 Å². The number of nitro groups is 1. The molecule has 0 amide bonds. The van der Waals surface area contributed by atoms with Crippen LogP contribution in [0.2, 0.25) is 5.02 Å². The van der Waals surface area contributed by atoms with Crippen molar-refractivity contribution in [3.05, 3.63) is 57.1 Å². The zero-order valence-corrected chi connectivity index (χ0v) is 16.6. The van der Waals surface area contributed by atoms with E-state index in [9.17, 15) is 18.5 Å². The SMILES string of the molecule is Cc1ccc(Cl)cc1N1CCN(c2ccc(S(C)(=O)=O)cc2[N+](=O)[O-])CC1. The monoisotopic (exact) mass is 409 g/mol. The van der Waals surface area contributed by atoms with Crippen molar-refractivity contribution in [3.63, 3.8) is 0 Å². The van der Waals surface area contributed by atoms with Crippen LogP contribution in [0.25, 0.3) is 0 Å². The van der Waals surface area contributed by atoms with Crippen molar-refractivity contribution in [3.8, 4) is 0 Å². The summed E-state index contributed by atoms with van der Waals surface area (Å²) in [5, 5.41) is 12.1. The van der Waals surface area contributed by atoms with Crippen LogP contribution in [0.15, 0.2) is 41.3 Å². The van der Waals surface area contributed by atoms with Gasteiger partial charge in [0.05, 0.1) is 9.82 Å². The Morgan fingerprint density at radius 3 is 2.15 bits per heavy atom. The summed E-state index contributed by atoms with van der Waals surface area (Å²) in [7, 11) is -3.50. The van der Waals surface area contributed by atoms with Crippen LogP contribution >= 0.6 is 11.6 Å². The largest absolute Gasteiger partial charge is 0.368 e. The highest BCUT2D eigenvalue weighted by atomic mass is 35.5. The Labute approximate surface area is 163 Å². The molecule has 3 rings (SSSR count). The molecule has 0 N–H and O–H groups in total. The van der Waals surface area contributed by atoms with Gasteiger partial charge in [-0.25, -0.2) is 8.42 Å². The van der Waals surface area contributed by atoms with Gasteiger partial charge in [-0.3, -0.25) is 10.1 Å². The second-order valence-electron chi connectivity index (χ2n) is 6.58. The molecule has 1 fully saturated rings. The van der Waals surface area contributed by atoms with Crippen molar-refractivity contribution in [2.45, 2.75) is 11.8 Å². The lowest BCUT2D eigenvalue weighted by molar-refractivity contribution is -0.384. The zero-order valence-electron chi connectivity index (χ0n) is 15.1. The average molecular weight is 410 g/mol. The molecule has 1 aliphatic heterocycles. The molecular formula is C18H20ClN3O4S. The molecular weight excluding hydrogens is 390 g/mol. The van der Waals surface area contributed by atoms with Gasteiger partial charge in [-0.05, 0) is 36.8 Å². The van der Waals surface area contributed by atoms with E-state index in [0.29, 0.717) is 36.9 Å². The van der Waals surface area contributed by atoms with Crippen molar-refractivity contribution >= 4 is 38.5 Å². The van der Waals surface area contributed by atoms with E-state index in [2.05, 4.69) is 4.90 Å². The minimum absolute atomic E-state index is 0.0499. The van der Waals surface area contributed by atoms with Gasteiger partial charge in [-0.15, -0.1) is 0 Å². The molecule has 0 unspecified atom stereocenters. The highest BCUT2D eigenvalue weighted by Gasteiger charge is 2.26. The Kier molecular flexibility index (Phi) is 5.30. The van der Waals surface area contributed by atoms with Gasteiger partial charge in [0.1, 0.15) is 5.69 Å². The minimum atomic E-state index is -3.50. The topological polar surface area (TPSA) is 83.8 Å². The number of hydrogen-bond acceptors (Lipinski definition) is 6. The summed E-state index contributed by atoms with van der Waals surface area (Å²) in [6.45, 7) is 4.57. The average Bonchev–Trinajstić information content (AvgIpc) is 2.62. The van der Waals surface area contributed by atoms with Crippen LogP contribution in [-0.4, -0.2) is 45.8 Å². The molecule has 0 spiro atoms. The molecule has 7 nitrogen and oxygen atoms in total. The third-order valence-corrected chi connectivity index (χ3v) is 6.05. The van der Waals surface area contributed by atoms with Crippen molar-refractivity contribution < 1.29 is 13.3 Å². The molecule has 0 aliphatic carbocycles. The predicted octanol–water partition coefficient (Wildman–Crippen LogP) is 3.29. The molecule has 2 aromatic rings. The fourth-order valence-electron chi connectivity index (χ4n) is 3.26. The van der Waals surface area contributed by atoms with E-state index in [1.807, 2.05) is 30.0 Å². The Morgan fingerprint density at radius 2 is 1.59 bits per heavy atom. The zero-order chi connectivity index (χ0) is 19.8. The van der Waals surface area contributed by atoms with Gasteiger partial charge >= 0.3 is 0 Å². The summed E-state index contributed by atoms with van der Waals surface area (Å²) in [6.07, 6.45) is 1.04. The van der Waals surface area contributed by atoms with E-state index in [-0.39, 0.29) is 10.6 Å². The number of halogens is 1. The quantitative estimate of drug-likeness (QED) is 0.569. The number of nitro benzene ring substituents is 1. The van der Waals surface area contributed by atoms with Gasteiger partial charge < -0.3 is 9.80 Å². The second-order valence-corrected chi connectivity index (χ2v) is 9.04. The van der Waals surface area contributed by atoms with Gasteiger partial charge in [0.2, 0.25) is 0 Å². The first kappa shape index (κ1) is 19.4. The van der Waals surface area contributed by atoms with Gasteiger partial charge in [-0.1, -0.05) is 17.7 Å². The van der Waals surface area contributed by atoms with E-state index in [4.69, 9.17) is 11.6 Å². The van der Waals surface area contributed by atoms with Crippen LogP contribution in [0.5, 0.6) is 0 Å². The van der Waals surface area contributed by atoms with Gasteiger partial charge in [0, 0.05) is 49.2 Å². The first-order valence-corrected chi connectivity index (χ1v) is 10.7. The summed E-state index contributed by atoms with van der Waals surface area (Å²) in [5.41, 5.74) is 2.43. The molecule has 1 aliphatic rings. The Balaban J connectivity index is 1.84. The highest BCUT2D eigenvalue weighted by Crippen LogP contribution is 2.33. The standard InChI is InChI=1S/C18H20ClN3O4S/c1-13-3-4-14(19)11-17(13)21-9-7-20(8-10-21)16-6-5-15(27(2,25)26)12-18(16)22(23)24/h3-6,11-12H,7-10H2,1-2H3. The highest BCUT2D eigenvalue weighted by molar-refractivity contribution is 7.90. The van der Waals surface area contributed by atoms with Crippen LogP contribution in [-0.2, 0) is 9.84 Å². The van der Waals surface area contributed by atoms with Gasteiger partial charge in [-0.2, -0.15) is 0 Å². The Morgan fingerprint density at radius 1 is 1.00 bits per heavy atom. The third kappa shape index (κ3) is 4.17. The van der Waals surface area contributed by atoms with Crippen molar-refractivity contribution in [2.24, 2.45) is 0 Å². The Bertz CT molecular complexity index is 986. The first-order valence-electron chi connectivity index (χ1n) is 8.41. The van der Waals surface area contributed by atoms with Crippen LogP contribution < -0.4 is 9.80 Å². The molecule has 0 saturated carbocycles. The maximum absolute atomic E-state index is 11.7. The van der Waals surface area contributed by atoms with E-state index >= 15 is 0 Å². The Hall–Kier alpha value is -2.32. The van der Waals surface area contributed by atoms with Gasteiger partial charge in [0.25, 0.3) is 5.69 Å². The fourth-order valence-corrected chi connectivity index (χ4v) is 4.07. The molecule has 0 atom stereocenters. The molecule has 0 radical (unpaired) electrons. The number of benzene rings is 2. The molecule has 9 heteroatoms. The van der Waals surface area contributed by atoms with E-state index in [1.165, 1.54) is 12.1 Å². The minimum Gasteiger partial charge on any atom is -0.368 e. The van der Waals surface area contributed by atoms with Crippen molar-refractivity contribution in [1.82, 2.24) is 0 Å². The number of rotatable bonds is 4. The molecule has 144 valence electrons.